The molecular formula is C14H16N2OS. The number of amides is 1. The summed E-state index contributed by atoms with van der Waals surface area (Å²) in [6.45, 7) is 2.01. The van der Waals surface area contributed by atoms with E-state index >= 15 is 0 Å². The van der Waals surface area contributed by atoms with E-state index in [9.17, 15) is 4.79 Å². The topological polar surface area (TPSA) is 52.9 Å². The molecule has 0 radical (unpaired) electrons. The van der Waals surface area contributed by atoms with Gasteiger partial charge in [-0.1, -0.05) is 12.8 Å². The number of nitriles is 1. The van der Waals surface area contributed by atoms with Crippen molar-refractivity contribution >= 4 is 23.3 Å². The lowest BCUT2D eigenvalue weighted by molar-refractivity contribution is -0.117. The van der Waals surface area contributed by atoms with E-state index in [-0.39, 0.29) is 17.5 Å². The Labute approximate surface area is 111 Å². The highest BCUT2D eigenvalue weighted by molar-refractivity contribution is 7.12. The minimum Gasteiger partial charge on any atom is -0.349 e. The van der Waals surface area contributed by atoms with Crippen LogP contribution in [-0.2, 0) is 4.79 Å². The summed E-state index contributed by atoms with van der Waals surface area (Å²) in [4.78, 5) is 14.1. The molecule has 3 nitrogen and oxygen atoms in total. The van der Waals surface area contributed by atoms with E-state index in [1.807, 2.05) is 25.1 Å². The van der Waals surface area contributed by atoms with Crippen molar-refractivity contribution < 1.29 is 4.79 Å². The van der Waals surface area contributed by atoms with Gasteiger partial charge in [0.2, 0.25) is 0 Å². The molecule has 18 heavy (non-hydrogen) atoms. The molecule has 1 aromatic heterocycles. The minimum atomic E-state index is -0.240. The number of rotatable bonds is 3. The first-order valence-electron chi connectivity index (χ1n) is 6.18. The van der Waals surface area contributed by atoms with E-state index < -0.39 is 0 Å². The van der Waals surface area contributed by atoms with Crippen molar-refractivity contribution in [1.82, 2.24) is 5.32 Å². The molecule has 1 saturated carbocycles. The molecule has 2 rings (SSSR count). The Morgan fingerprint density at radius 1 is 1.50 bits per heavy atom. The summed E-state index contributed by atoms with van der Waals surface area (Å²) in [5, 5.41) is 12.0. The van der Waals surface area contributed by atoms with Crippen molar-refractivity contribution in [3.05, 3.63) is 27.5 Å². The number of aryl methyl sites for hydroxylation is 1. The van der Waals surface area contributed by atoms with Crippen LogP contribution in [-0.4, -0.2) is 11.9 Å². The van der Waals surface area contributed by atoms with Crippen molar-refractivity contribution in [3.63, 3.8) is 0 Å². The molecule has 0 aliphatic heterocycles. The fourth-order valence-corrected chi connectivity index (χ4v) is 2.98. The lowest BCUT2D eigenvalue weighted by Crippen LogP contribution is -2.33. The summed E-state index contributed by atoms with van der Waals surface area (Å²) in [7, 11) is 0. The second-order valence-corrected chi connectivity index (χ2v) is 5.89. The SMILES string of the molecule is Cc1ccc(/C=C(/C#N)C(=O)NC2CCCC2)s1. The molecule has 0 spiro atoms. The van der Waals surface area contributed by atoms with Gasteiger partial charge in [-0.05, 0) is 38.0 Å². The number of thiophene rings is 1. The van der Waals surface area contributed by atoms with E-state index in [4.69, 9.17) is 5.26 Å². The van der Waals surface area contributed by atoms with Gasteiger partial charge in [0.05, 0.1) is 0 Å². The van der Waals surface area contributed by atoms with E-state index in [0.29, 0.717) is 0 Å². The average Bonchev–Trinajstić information content (AvgIpc) is 2.97. The molecule has 1 fully saturated rings. The molecular weight excluding hydrogens is 244 g/mol. The van der Waals surface area contributed by atoms with Crippen molar-refractivity contribution in [2.24, 2.45) is 0 Å². The highest BCUT2D eigenvalue weighted by atomic mass is 32.1. The van der Waals surface area contributed by atoms with Crippen LogP contribution in [0.5, 0.6) is 0 Å². The monoisotopic (exact) mass is 260 g/mol. The second-order valence-electron chi connectivity index (χ2n) is 4.57. The normalized spacial score (nSPS) is 16.6. The highest BCUT2D eigenvalue weighted by Crippen LogP contribution is 2.20. The largest absolute Gasteiger partial charge is 0.349 e. The molecule has 1 aromatic rings. The fourth-order valence-electron chi connectivity index (χ4n) is 2.16. The molecule has 0 saturated heterocycles. The summed E-state index contributed by atoms with van der Waals surface area (Å²) in [5.74, 6) is -0.240. The molecule has 4 heteroatoms. The van der Waals surface area contributed by atoms with E-state index in [1.54, 1.807) is 17.4 Å². The van der Waals surface area contributed by atoms with Gasteiger partial charge in [0.15, 0.2) is 0 Å². The molecule has 0 unspecified atom stereocenters. The molecule has 1 N–H and O–H groups in total. The minimum absolute atomic E-state index is 0.198. The molecule has 0 bridgehead atoms. The lowest BCUT2D eigenvalue weighted by Gasteiger charge is -2.10. The average molecular weight is 260 g/mol. The van der Waals surface area contributed by atoms with Gasteiger partial charge in [0.25, 0.3) is 5.91 Å². The van der Waals surface area contributed by atoms with Crippen LogP contribution in [0.15, 0.2) is 17.7 Å². The Bertz CT molecular complexity index is 504. The Morgan fingerprint density at radius 2 is 2.22 bits per heavy atom. The van der Waals surface area contributed by atoms with Crippen LogP contribution in [0.1, 0.15) is 35.4 Å². The second kappa shape index (κ2) is 5.83. The smallest absolute Gasteiger partial charge is 0.262 e. The Hall–Kier alpha value is -1.60. The van der Waals surface area contributed by atoms with E-state index in [1.165, 1.54) is 17.7 Å². The van der Waals surface area contributed by atoms with Gasteiger partial charge >= 0.3 is 0 Å². The van der Waals surface area contributed by atoms with Gasteiger partial charge in [-0.3, -0.25) is 4.79 Å². The number of hydrogen-bond donors (Lipinski definition) is 1. The quantitative estimate of drug-likeness (QED) is 0.671. The summed E-state index contributed by atoms with van der Waals surface area (Å²) in [6, 6.07) is 6.16. The zero-order chi connectivity index (χ0) is 13.0. The van der Waals surface area contributed by atoms with Crippen LogP contribution >= 0.6 is 11.3 Å². The van der Waals surface area contributed by atoms with Crippen molar-refractivity contribution in [1.29, 1.82) is 5.26 Å². The summed E-state index contributed by atoms with van der Waals surface area (Å²) in [6.07, 6.45) is 6.06. The first-order chi connectivity index (χ1) is 8.69. The Kier molecular flexibility index (Phi) is 4.16. The Balaban J connectivity index is 2.06. The van der Waals surface area contributed by atoms with Gasteiger partial charge in [0.1, 0.15) is 11.6 Å². The summed E-state index contributed by atoms with van der Waals surface area (Å²) in [5.41, 5.74) is 0.198. The molecule has 1 amide bonds. The summed E-state index contributed by atoms with van der Waals surface area (Å²) < 4.78 is 0. The number of nitrogens with zero attached hydrogens (tertiary/aromatic N) is 1. The summed E-state index contributed by atoms with van der Waals surface area (Å²) >= 11 is 1.58. The van der Waals surface area contributed by atoms with Crippen LogP contribution in [0, 0.1) is 18.3 Å². The van der Waals surface area contributed by atoms with Crippen molar-refractivity contribution in [2.75, 3.05) is 0 Å². The molecule has 1 heterocycles. The maximum Gasteiger partial charge on any atom is 0.262 e. The molecule has 0 atom stereocenters. The third-order valence-corrected chi connectivity index (χ3v) is 4.05. The molecule has 1 aliphatic carbocycles. The standard InChI is InChI=1S/C14H16N2OS/c1-10-6-7-13(18-10)8-11(9-15)14(17)16-12-4-2-3-5-12/h6-8,12H,2-5H2,1H3,(H,16,17)/b11-8-. The van der Waals surface area contributed by atoms with Crippen LogP contribution < -0.4 is 5.32 Å². The first kappa shape index (κ1) is 12.8. The van der Waals surface area contributed by atoms with Crippen LogP contribution in [0.3, 0.4) is 0 Å². The highest BCUT2D eigenvalue weighted by Gasteiger charge is 2.19. The van der Waals surface area contributed by atoms with E-state index in [0.717, 1.165) is 17.7 Å². The maximum absolute atomic E-state index is 11.9. The fraction of sp³-hybridized carbons (Fsp3) is 0.429. The molecule has 94 valence electrons. The third-order valence-electron chi connectivity index (χ3n) is 3.10. The number of nitrogens with one attached hydrogen (secondary N) is 1. The van der Waals surface area contributed by atoms with Crippen LogP contribution in [0.4, 0.5) is 0 Å². The maximum atomic E-state index is 11.9. The van der Waals surface area contributed by atoms with Crippen LogP contribution in [0.2, 0.25) is 0 Å². The first-order valence-corrected chi connectivity index (χ1v) is 7.00. The van der Waals surface area contributed by atoms with Gasteiger partial charge in [-0.15, -0.1) is 11.3 Å². The zero-order valence-electron chi connectivity index (χ0n) is 10.4. The van der Waals surface area contributed by atoms with Gasteiger partial charge in [-0.25, -0.2) is 0 Å². The van der Waals surface area contributed by atoms with E-state index in [2.05, 4.69) is 5.32 Å². The molecule has 1 aliphatic rings. The number of carbonyl (C=O) groups excluding carboxylic acids is 1. The number of hydrogen-bond acceptors (Lipinski definition) is 3. The van der Waals surface area contributed by atoms with Crippen molar-refractivity contribution in [3.8, 4) is 6.07 Å². The van der Waals surface area contributed by atoms with Gasteiger partial charge < -0.3 is 5.32 Å². The van der Waals surface area contributed by atoms with Gasteiger partial charge in [0, 0.05) is 15.8 Å². The van der Waals surface area contributed by atoms with Crippen LogP contribution in [0.25, 0.3) is 6.08 Å². The third kappa shape index (κ3) is 3.21. The van der Waals surface area contributed by atoms with Crippen molar-refractivity contribution in [2.45, 2.75) is 38.6 Å². The molecule has 0 aromatic carbocycles. The van der Waals surface area contributed by atoms with Gasteiger partial charge in [-0.2, -0.15) is 5.26 Å². The zero-order valence-corrected chi connectivity index (χ0v) is 11.2. The number of carbonyl (C=O) groups is 1. The predicted octanol–water partition coefficient (Wildman–Crippen LogP) is 3.02. The predicted molar refractivity (Wildman–Crippen MR) is 73.0 cm³/mol. The Morgan fingerprint density at radius 3 is 2.78 bits per heavy atom. The lowest BCUT2D eigenvalue weighted by atomic mass is 10.2.